The average Bonchev–Trinajstić information content (AvgIpc) is 3.04. The second kappa shape index (κ2) is 10.3. The van der Waals surface area contributed by atoms with Crippen LogP contribution in [-0.2, 0) is 4.79 Å². The minimum absolute atomic E-state index is 0.0666. The second-order valence-electron chi connectivity index (χ2n) is 12.0. The van der Waals surface area contributed by atoms with Crippen molar-refractivity contribution in [3.05, 3.63) is 35.5 Å². The van der Waals surface area contributed by atoms with Gasteiger partial charge in [0.2, 0.25) is 5.91 Å². The minimum atomic E-state index is -0.544. The third kappa shape index (κ3) is 6.16. The summed E-state index contributed by atoms with van der Waals surface area (Å²) in [4.78, 5) is 11.5. The molecule has 3 aliphatic rings. The van der Waals surface area contributed by atoms with Crippen molar-refractivity contribution >= 4 is 5.91 Å². The molecule has 3 heteroatoms. The number of carbonyl (C=O) groups excluding carboxylic acids is 1. The van der Waals surface area contributed by atoms with Gasteiger partial charge in [0.15, 0.2) is 0 Å². The second-order valence-corrected chi connectivity index (χ2v) is 12.0. The van der Waals surface area contributed by atoms with Crippen LogP contribution in [0.3, 0.4) is 0 Å². The van der Waals surface area contributed by atoms with Gasteiger partial charge in [0, 0.05) is 13.0 Å². The van der Waals surface area contributed by atoms with Gasteiger partial charge in [-0.1, -0.05) is 56.6 Å². The lowest BCUT2D eigenvalue weighted by Gasteiger charge is -2.44. The summed E-state index contributed by atoms with van der Waals surface area (Å²) < 4.78 is 0. The third-order valence-corrected chi connectivity index (χ3v) is 8.79. The van der Waals surface area contributed by atoms with Crippen LogP contribution in [0, 0.1) is 23.2 Å². The summed E-state index contributed by atoms with van der Waals surface area (Å²) in [6, 6.07) is 0.250. The number of nitrogens with one attached hydrogen (secondary N) is 1. The normalized spacial score (nSPS) is 34.6. The number of carbonyl (C=O) groups is 1. The Hall–Kier alpha value is -1.35. The van der Waals surface area contributed by atoms with Gasteiger partial charge in [-0.15, -0.1) is 0 Å². The third-order valence-electron chi connectivity index (χ3n) is 8.79. The molecule has 0 aromatic carbocycles. The van der Waals surface area contributed by atoms with Gasteiger partial charge in [0.1, 0.15) is 0 Å². The molecule has 0 aliphatic heterocycles. The van der Waals surface area contributed by atoms with Crippen LogP contribution in [0.5, 0.6) is 0 Å². The van der Waals surface area contributed by atoms with Gasteiger partial charge in [-0.05, 0) is 100 Å². The highest BCUT2D eigenvalue weighted by Crippen LogP contribution is 2.60. The van der Waals surface area contributed by atoms with E-state index in [1.165, 1.54) is 49.7 Å². The van der Waals surface area contributed by atoms with Crippen molar-refractivity contribution < 1.29 is 9.90 Å². The van der Waals surface area contributed by atoms with Gasteiger partial charge in [-0.25, -0.2) is 0 Å². The molecule has 0 heterocycles. The van der Waals surface area contributed by atoms with E-state index in [1.807, 2.05) is 13.8 Å². The molecule has 1 amide bonds. The molecule has 5 atom stereocenters. The Kier molecular flexibility index (Phi) is 8.12. The molecule has 2 N–H and O–H groups in total. The number of fused-ring (bicyclic) bond motifs is 1. The molecule has 0 aromatic heterocycles. The van der Waals surface area contributed by atoms with Gasteiger partial charge in [-0.2, -0.15) is 0 Å². The van der Waals surface area contributed by atoms with E-state index in [4.69, 9.17) is 0 Å². The molecule has 3 saturated carbocycles. The molecule has 3 rings (SSSR count). The summed E-state index contributed by atoms with van der Waals surface area (Å²) in [6.45, 7) is 14.8. The van der Waals surface area contributed by atoms with Crippen LogP contribution in [0.25, 0.3) is 0 Å². The number of hydrogen-bond acceptors (Lipinski definition) is 2. The van der Waals surface area contributed by atoms with E-state index in [9.17, 15) is 9.90 Å². The largest absolute Gasteiger partial charge is 0.390 e. The molecule has 0 radical (unpaired) electrons. The van der Waals surface area contributed by atoms with E-state index in [0.29, 0.717) is 11.3 Å². The van der Waals surface area contributed by atoms with Crippen molar-refractivity contribution in [2.45, 2.75) is 117 Å². The Labute approximate surface area is 196 Å². The maximum absolute atomic E-state index is 11.5. The topological polar surface area (TPSA) is 49.3 Å². The number of rotatable bonds is 7. The van der Waals surface area contributed by atoms with Gasteiger partial charge in [-0.3, -0.25) is 4.79 Å². The monoisotopic (exact) mass is 441 g/mol. The predicted octanol–water partition coefficient (Wildman–Crippen LogP) is 6.88. The summed E-state index contributed by atoms with van der Waals surface area (Å²) in [6.07, 6.45) is 17.4. The molecule has 3 fully saturated rings. The maximum Gasteiger partial charge on any atom is 0.217 e. The van der Waals surface area contributed by atoms with Crippen LogP contribution in [0.15, 0.2) is 35.5 Å². The van der Waals surface area contributed by atoms with E-state index >= 15 is 0 Å². The van der Waals surface area contributed by atoms with Crippen LogP contribution in [-0.4, -0.2) is 22.7 Å². The number of aliphatic hydroxyl groups is 1. The average molecular weight is 442 g/mol. The first-order chi connectivity index (χ1) is 15.0. The Morgan fingerprint density at radius 2 is 2.03 bits per heavy atom. The van der Waals surface area contributed by atoms with E-state index in [1.54, 1.807) is 12.5 Å². The Bertz CT molecular complexity index is 756. The van der Waals surface area contributed by atoms with E-state index in [-0.39, 0.29) is 11.9 Å². The molecule has 0 spiro atoms. The van der Waals surface area contributed by atoms with Crippen LogP contribution in [0.4, 0.5) is 0 Å². The van der Waals surface area contributed by atoms with Crippen molar-refractivity contribution in [2.75, 3.05) is 0 Å². The zero-order valence-electron chi connectivity index (χ0n) is 21.3. The summed E-state index contributed by atoms with van der Waals surface area (Å²) in [5.74, 6) is 2.29. The SMILES string of the molecule is C=C1CC[C@@H](NC(C)=O)C/C1=C/C=C1\CCC[C@@]2(C)C1CC[C@@H]2[C@H](C)CCCC(C)(C)O. The molecule has 0 saturated heterocycles. The first kappa shape index (κ1) is 25.3. The zero-order chi connectivity index (χ0) is 23.5. The highest BCUT2D eigenvalue weighted by molar-refractivity contribution is 5.73. The van der Waals surface area contributed by atoms with Crippen LogP contribution >= 0.6 is 0 Å². The summed E-state index contributed by atoms with van der Waals surface area (Å²) >= 11 is 0. The molecule has 0 bridgehead atoms. The number of allylic oxidation sites excluding steroid dienone is 4. The molecular weight excluding hydrogens is 394 g/mol. The van der Waals surface area contributed by atoms with Gasteiger partial charge >= 0.3 is 0 Å². The highest BCUT2D eigenvalue weighted by Gasteiger charge is 2.50. The molecule has 32 heavy (non-hydrogen) atoms. The van der Waals surface area contributed by atoms with Crippen LogP contribution in [0.1, 0.15) is 105 Å². The van der Waals surface area contributed by atoms with Crippen molar-refractivity contribution in [3.8, 4) is 0 Å². The highest BCUT2D eigenvalue weighted by atomic mass is 16.3. The van der Waals surface area contributed by atoms with E-state index in [2.05, 4.69) is 37.9 Å². The molecule has 0 aromatic rings. The zero-order valence-corrected chi connectivity index (χ0v) is 21.3. The minimum Gasteiger partial charge on any atom is -0.390 e. The molecule has 3 nitrogen and oxygen atoms in total. The lowest BCUT2D eigenvalue weighted by molar-refractivity contribution is -0.119. The first-order valence-corrected chi connectivity index (χ1v) is 13.1. The quantitative estimate of drug-likeness (QED) is 0.452. The van der Waals surface area contributed by atoms with Crippen molar-refractivity contribution in [1.82, 2.24) is 5.32 Å². The van der Waals surface area contributed by atoms with Gasteiger partial charge in [0.05, 0.1) is 5.60 Å². The van der Waals surface area contributed by atoms with Crippen molar-refractivity contribution in [3.63, 3.8) is 0 Å². The number of hydrogen-bond donors (Lipinski definition) is 2. The molecule has 180 valence electrons. The fraction of sp³-hybridized carbons (Fsp3) is 0.759. The lowest BCUT2D eigenvalue weighted by Crippen LogP contribution is -2.36. The van der Waals surface area contributed by atoms with Gasteiger partial charge in [0.25, 0.3) is 0 Å². The van der Waals surface area contributed by atoms with Crippen LogP contribution < -0.4 is 5.32 Å². The van der Waals surface area contributed by atoms with Crippen molar-refractivity contribution in [2.24, 2.45) is 23.2 Å². The number of amides is 1. The smallest absolute Gasteiger partial charge is 0.217 e. The van der Waals surface area contributed by atoms with E-state index in [0.717, 1.165) is 43.9 Å². The first-order valence-electron chi connectivity index (χ1n) is 13.1. The van der Waals surface area contributed by atoms with Gasteiger partial charge < -0.3 is 10.4 Å². The Balaban J connectivity index is 1.68. The molecule has 1 unspecified atom stereocenters. The Morgan fingerprint density at radius 1 is 1.28 bits per heavy atom. The molecular formula is C29H47NO2. The van der Waals surface area contributed by atoms with Crippen LogP contribution in [0.2, 0.25) is 0 Å². The summed E-state index contributed by atoms with van der Waals surface area (Å²) in [7, 11) is 0. The predicted molar refractivity (Wildman–Crippen MR) is 134 cm³/mol. The summed E-state index contributed by atoms with van der Waals surface area (Å²) in [5.41, 5.74) is 4.08. The molecule has 3 aliphatic carbocycles. The van der Waals surface area contributed by atoms with Crippen molar-refractivity contribution in [1.29, 1.82) is 0 Å². The fourth-order valence-electron chi connectivity index (χ4n) is 7.10. The Morgan fingerprint density at radius 3 is 2.72 bits per heavy atom. The summed E-state index contributed by atoms with van der Waals surface area (Å²) in [5, 5.41) is 13.2. The lowest BCUT2D eigenvalue weighted by atomic mass is 9.60. The van der Waals surface area contributed by atoms with E-state index < -0.39 is 5.60 Å². The maximum atomic E-state index is 11.5. The fourth-order valence-corrected chi connectivity index (χ4v) is 7.10. The standard InChI is InChI=1S/C29H47NO2/c1-20-11-14-25(30-22(3)31)19-24(20)13-12-23-10-8-18-29(6)26(15-16-27(23)29)21(2)9-7-17-28(4,5)32/h12-13,21,25-27,32H,1,7-11,14-19H2,2-6H3,(H,30,31)/b23-12+,24-13-/t21-,25-,26-,27?,29-/m1/s1.